The smallest absolute Gasteiger partial charge is 0.0987 e. The van der Waals surface area contributed by atoms with Crippen molar-refractivity contribution < 1.29 is 4.21 Å². The Morgan fingerprint density at radius 1 is 1.07 bits per heavy atom. The second-order valence-corrected chi connectivity index (χ2v) is 5.39. The van der Waals surface area contributed by atoms with E-state index in [4.69, 9.17) is 0 Å². The average Bonchev–Trinajstić information content (AvgIpc) is 2.31. The number of benzene rings is 1. The van der Waals surface area contributed by atoms with Gasteiger partial charge >= 0.3 is 0 Å². The van der Waals surface area contributed by atoms with Gasteiger partial charge in [0.05, 0.1) is 16.7 Å². The molecule has 0 amide bonds. The summed E-state index contributed by atoms with van der Waals surface area (Å²) in [6.45, 7) is 2.00. The molecule has 0 radical (unpaired) electrons. The van der Waals surface area contributed by atoms with Crippen LogP contribution in [-0.2, 0) is 16.7 Å². The minimum Gasteiger partial charge on any atom is -0.242 e. The van der Waals surface area contributed by atoms with E-state index in [-0.39, 0.29) is 0 Å². The molecule has 0 N–H and O–H groups in total. The number of piperidine rings is 1. The van der Waals surface area contributed by atoms with Crippen LogP contribution in [0.5, 0.6) is 0 Å². The molecule has 0 spiro atoms. The molecule has 1 atom stereocenters. The van der Waals surface area contributed by atoms with Gasteiger partial charge in [0.25, 0.3) is 0 Å². The van der Waals surface area contributed by atoms with Crippen LogP contribution in [0.25, 0.3) is 0 Å². The number of rotatable bonds is 3. The van der Waals surface area contributed by atoms with Crippen LogP contribution in [0.4, 0.5) is 0 Å². The molecule has 1 heterocycles. The Labute approximate surface area is 93.9 Å². The highest BCUT2D eigenvalue weighted by molar-refractivity contribution is 7.81. The summed E-state index contributed by atoms with van der Waals surface area (Å²) < 4.78 is 14.1. The second kappa shape index (κ2) is 5.42. The fourth-order valence-corrected chi connectivity index (χ4v) is 3.20. The summed E-state index contributed by atoms with van der Waals surface area (Å²) in [4.78, 5) is 0. The standard InChI is InChI=1S/C12H17NOS/c14-15(13-9-5-2-6-10-13)11-12-7-3-1-4-8-12/h1,3-4,7-8H,2,5-6,9-11H2. The Morgan fingerprint density at radius 3 is 2.40 bits per heavy atom. The van der Waals surface area contributed by atoms with Crippen LogP contribution >= 0.6 is 0 Å². The number of hydrogen-bond donors (Lipinski definition) is 0. The molecule has 1 saturated heterocycles. The topological polar surface area (TPSA) is 20.3 Å². The van der Waals surface area contributed by atoms with E-state index in [0.29, 0.717) is 5.75 Å². The third kappa shape index (κ3) is 3.14. The summed E-state index contributed by atoms with van der Waals surface area (Å²) in [6.07, 6.45) is 3.68. The van der Waals surface area contributed by atoms with Crippen LogP contribution in [0.1, 0.15) is 24.8 Å². The highest BCUT2D eigenvalue weighted by Crippen LogP contribution is 2.13. The van der Waals surface area contributed by atoms with E-state index >= 15 is 0 Å². The molecule has 1 aromatic carbocycles. The van der Waals surface area contributed by atoms with Gasteiger partial charge in [0.1, 0.15) is 0 Å². The molecule has 1 aliphatic heterocycles. The summed E-state index contributed by atoms with van der Waals surface area (Å²) in [5, 5.41) is 0. The molecule has 1 aliphatic rings. The summed E-state index contributed by atoms with van der Waals surface area (Å²) in [7, 11) is -0.824. The van der Waals surface area contributed by atoms with Crippen molar-refractivity contribution in [3.05, 3.63) is 35.9 Å². The Kier molecular flexibility index (Phi) is 3.92. The fraction of sp³-hybridized carbons (Fsp3) is 0.500. The van der Waals surface area contributed by atoms with Crippen LogP contribution in [0.2, 0.25) is 0 Å². The first-order valence-corrected chi connectivity index (χ1v) is 6.81. The fourth-order valence-electron chi connectivity index (χ4n) is 1.88. The van der Waals surface area contributed by atoms with Gasteiger partial charge in [-0.2, -0.15) is 0 Å². The molecule has 1 aromatic rings. The van der Waals surface area contributed by atoms with E-state index in [1.165, 1.54) is 24.8 Å². The largest absolute Gasteiger partial charge is 0.242 e. The van der Waals surface area contributed by atoms with Crippen molar-refractivity contribution in [1.29, 1.82) is 0 Å². The van der Waals surface area contributed by atoms with Crippen LogP contribution < -0.4 is 0 Å². The summed E-state index contributed by atoms with van der Waals surface area (Å²) in [5.41, 5.74) is 1.17. The summed E-state index contributed by atoms with van der Waals surface area (Å²) in [5.74, 6) is 0.667. The zero-order chi connectivity index (χ0) is 10.5. The zero-order valence-corrected chi connectivity index (χ0v) is 9.71. The molecular weight excluding hydrogens is 206 g/mol. The van der Waals surface area contributed by atoms with E-state index in [2.05, 4.69) is 4.31 Å². The first-order chi connectivity index (χ1) is 7.36. The quantitative estimate of drug-likeness (QED) is 0.770. The molecule has 0 bridgehead atoms. The van der Waals surface area contributed by atoms with Crippen LogP contribution in [0, 0.1) is 0 Å². The van der Waals surface area contributed by atoms with Gasteiger partial charge in [-0.3, -0.25) is 0 Å². The zero-order valence-electron chi connectivity index (χ0n) is 8.89. The van der Waals surface area contributed by atoms with Gasteiger partial charge < -0.3 is 0 Å². The Morgan fingerprint density at radius 2 is 1.73 bits per heavy atom. The van der Waals surface area contributed by atoms with Crippen molar-refractivity contribution in [2.75, 3.05) is 13.1 Å². The first-order valence-electron chi connectivity index (χ1n) is 5.53. The third-order valence-electron chi connectivity index (χ3n) is 2.74. The van der Waals surface area contributed by atoms with Crippen LogP contribution in [0.15, 0.2) is 30.3 Å². The lowest BCUT2D eigenvalue weighted by Crippen LogP contribution is -2.32. The molecule has 82 valence electrons. The van der Waals surface area contributed by atoms with Crippen molar-refractivity contribution in [2.45, 2.75) is 25.0 Å². The maximum absolute atomic E-state index is 12.0. The molecule has 3 heteroatoms. The van der Waals surface area contributed by atoms with Crippen molar-refractivity contribution in [2.24, 2.45) is 0 Å². The van der Waals surface area contributed by atoms with Crippen molar-refractivity contribution in [3.63, 3.8) is 0 Å². The van der Waals surface area contributed by atoms with Crippen molar-refractivity contribution >= 4 is 11.0 Å². The van der Waals surface area contributed by atoms with E-state index in [1.807, 2.05) is 30.3 Å². The van der Waals surface area contributed by atoms with Crippen molar-refractivity contribution in [1.82, 2.24) is 4.31 Å². The molecule has 1 fully saturated rings. The van der Waals surface area contributed by atoms with E-state index in [0.717, 1.165) is 13.1 Å². The van der Waals surface area contributed by atoms with Gasteiger partial charge in [-0.15, -0.1) is 0 Å². The molecule has 0 aliphatic carbocycles. The lowest BCUT2D eigenvalue weighted by atomic mass is 10.2. The lowest BCUT2D eigenvalue weighted by Gasteiger charge is -2.25. The maximum Gasteiger partial charge on any atom is 0.0987 e. The van der Waals surface area contributed by atoms with E-state index in [1.54, 1.807) is 0 Å². The molecule has 2 nitrogen and oxygen atoms in total. The minimum atomic E-state index is -0.824. The number of hydrogen-bond acceptors (Lipinski definition) is 1. The van der Waals surface area contributed by atoms with Crippen molar-refractivity contribution in [3.8, 4) is 0 Å². The van der Waals surface area contributed by atoms with Gasteiger partial charge in [-0.1, -0.05) is 36.8 Å². The molecule has 1 unspecified atom stereocenters. The highest BCUT2D eigenvalue weighted by atomic mass is 32.2. The normalized spacial score (nSPS) is 20.0. The molecular formula is C12H17NOS. The predicted molar refractivity (Wildman–Crippen MR) is 63.7 cm³/mol. The summed E-state index contributed by atoms with van der Waals surface area (Å²) in [6, 6.07) is 10.1. The lowest BCUT2D eigenvalue weighted by molar-refractivity contribution is 0.365. The highest BCUT2D eigenvalue weighted by Gasteiger charge is 2.16. The predicted octanol–water partition coefficient (Wildman–Crippen LogP) is 2.34. The maximum atomic E-state index is 12.0. The number of nitrogens with zero attached hydrogens (tertiary/aromatic N) is 1. The first kappa shape index (κ1) is 10.8. The Hall–Kier alpha value is -0.670. The van der Waals surface area contributed by atoms with E-state index in [9.17, 15) is 4.21 Å². The van der Waals surface area contributed by atoms with Gasteiger partial charge in [0.2, 0.25) is 0 Å². The van der Waals surface area contributed by atoms with Gasteiger partial charge in [0.15, 0.2) is 0 Å². The van der Waals surface area contributed by atoms with Gasteiger partial charge in [-0.05, 0) is 18.4 Å². The molecule has 15 heavy (non-hydrogen) atoms. The molecule has 0 aromatic heterocycles. The Balaban J connectivity index is 1.91. The van der Waals surface area contributed by atoms with Crippen LogP contribution in [-0.4, -0.2) is 21.6 Å². The molecule has 2 rings (SSSR count). The second-order valence-electron chi connectivity index (χ2n) is 3.94. The minimum absolute atomic E-state index is 0.667. The Bertz CT molecular complexity index is 320. The van der Waals surface area contributed by atoms with E-state index < -0.39 is 11.0 Å². The monoisotopic (exact) mass is 223 g/mol. The average molecular weight is 223 g/mol. The van der Waals surface area contributed by atoms with Crippen LogP contribution in [0.3, 0.4) is 0 Å². The third-order valence-corrected chi connectivity index (χ3v) is 4.26. The summed E-state index contributed by atoms with van der Waals surface area (Å²) >= 11 is 0. The molecule has 0 saturated carbocycles. The SMILES string of the molecule is O=S(Cc1ccccc1)N1CCCCC1. The van der Waals surface area contributed by atoms with Gasteiger partial charge in [-0.25, -0.2) is 8.51 Å². The van der Waals surface area contributed by atoms with Gasteiger partial charge in [0, 0.05) is 13.1 Å².